The smallest absolute Gasteiger partial charge is 0.178 e. The van der Waals surface area contributed by atoms with Gasteiger partial charge in [0.15, 0.2) is 9.76 Å². The van der Waals surface area contributed by atoms with Crippen LogP contribution in [0, 0.1) is 11.8 Å². The van der Waals surface area contributed by atoms with Crippen molar-refractivity contribution in [2.24, 2.45) is 17.6 Å². The van der Waals surface area contributed by atoms with E-state index in [1.165, 1.54) is 0 Å². The van der Waals surface area contributed by atoms with Gasteiger partial charge in [-0.1, -0.05) is 34.6 Å². The van der Waals surface area contributed by atoms with Crippen LogP contribution in [0.3, 0.4) is 0 Å². The van der Waals surface area contributed by atoms with E-state index in [2.05, 4.69) is 41.5 Å². The Morgan fingerprint density at radius 3 is 1.93 bits per heavy atom. The number of hydrogen-bond donors (Lipinski definition) is 1. The van der Waals surface area contributed by atoms with Crippen LogP contribution in [0.5, 0.6) is 0 Å². The second-order valence-electron chi connectivity index (χ2n) is 4.97. The number of hydrogen-bond acceptors (Lipinski definition) is 2. The molecule has 0 radical (unpaired) electrons. The summed E-state index contributed by atoms with van der Waals surface area (Å²) in [5, 5.41) is 0. The molecule has 14 heavy (non-hydrogen) atoms. The maximum absolute atomic E-state index is 6.12. The summed E-state index contributed by atoms with van der Waals surface area (Å²) in [7, 11) is -0.576. The van der Waals surface area contributed by atoms with Gasteiger partial charge in [-0.2, -0.15) is 0 Å². The maximum Gasteiger partial charge on any atom is 0.178 e. The maximum atomic E-state index is 6.12. The first-order chi connectivity index (χ1) is 6.34. The van der Waals surface area contributed by atoms with E-state index in [-0.39, 0.29) is 5.60 Å². The normalized spacial score (nSPS) is 16.1. The quantitative estimate of drug-likeness (QED) is 0.689. The van der Waals surface area contributed by atoms with Gasteiger partial charge < -0.3 is 10.2 Å². The third-order valence-electron chi connectivity index (χ3n) is 3.43. The Bertz CT molecular complexity index is 151. The van der Waals surface area contributed by atoms with Crippen LogP contribution in [-0.4, -0.2) is 21.0 Å². The van der Waals surface area contributed by atoms with E-state index in [4.69, 9.17) is 10.2 Å². The van der Waals surface area contributed by atoms with Gasteiger partial charge in [0.1, 0.15) is 0 Å². The highest BCUT2D eigenvalue weighted by Crippen LogP contribution is 2.29. The van der Waals surface area contributed by atoms with Gasteiger partial charge in [-0.15, -0.1) is 0 Å². The molecule has 3 heteroatoms. The largest absolute Gasteiger partial charge is 0.417 e. The Morgan fingerprint density at radius 2 is 1.64 bits per heavy atom. The molecular weight excluding hydrogens is 190 g/mol. The van der Waals surface area contributed by atoms with Gasteiger partial charge in [-0.05, 0) is 25.2 Å². The Balaban J connectivity index is 4.24. The van der Waals surface area contributed by atoms with Gasteiger partial charge in [0.2, 0.25) is 0 Å². The molecule has 0 amide bonds. The molecular formula is C11H27NOSi. The van der Waals surface area contributed by atoms with E-state index in [1.54, 1.807) is 0 Å². The van der Waals surface area contributed by atoms with Gasteiger partial charge in [0.25, 0.3) is 0 Å². The second kappa shape index (κ2) is 5.88. The summed E-state index contributed by atoms with van der Waals surface area (Å²) >= 11 is 0. The molecule has 0 bridgehead atoms. The average Bonchev–Trinajstić information content (AvgIpc) is 2.12. The predicted octanol–water partition coefficient (Wildman–Crippen LogP) is 1.85. The minimum Gasteiger partial charge on any atom is -0.417 e. The van der Waals surface area contributed by atoms with Crippen LogP contribution in [0.25, 0.3) is 0 Å². The van der Waals surface area contributed by atoms with Crippen molar-refractivity contribution >= 4 is 9.76 Å². The van der Waals surface area contributed by atoms with E-state index in [9.17, 15) is 0 Å². The lowest BCUT2D eigenvalue weighted by Crippen LogP contribution is -2.45. The first-order valence-corrected chi connectivity index (χ1v) is 7.13. The highest BCUT2D eigenvalue weighted by molar-refractivity contribution is 6.29. The third kappa shape index (κ3) is 3.71. The molecule has 0 aliphatic rings. The molecule has 0 aliphatic carbocycles. The number of rotatable bonds is 6. The zero-order valence-electron chi connectivity index (χ0n) is 10.6. The van der Waals surface area contributed by atoms with Crippen LogP contribution in [-0.2, 0) is 4.43 Å². The Morgan fingerprint density at radius 1 is 1.21 bits per heavy atom. The fourth-order valence-electron chi connectivity index (χ4n) is 1.40. The van der Waals surface area contributed by atoms with Crippen molar-refractivity contribution in [3.8, 4) is 0 Å². The van der Waals surface area contributed by atoms with Crippen molar-refractivity contribution in [2.45, 2.75) is 59.2 Å². The molecule has 0 aromatic carbocycles. The minimum atomic E-state index is -0.576. The second-order valence-corrected chi connectivity index (χ2v) is 6.64. The Labute approximate surface area is 91.5 Å². The summed E-state index contributed by atoms with van der Waals surface area (Å²) in [5.41, 5.74) is 6.24. The van der Waals surface area contributed by atoms with Gasteiger partial charge in [0, 0.05) is 5.67 Å². The lowest BCUT2D eigenvalue weighted by Gasteiger charge is -2.39. The van der Waals surface area contributed by atoms with Gasteiger partial charge in [0.05, 0.1) is 5.60 Å². The first kappa shape index (κ1) is 14.1. The van der Waals surface area contributed by atoms with Crippen molar-refractivity contribution in [1.82, 2.24) is 0 Å². The van der Waals surface area contributed by atoms with Crippen molar-refractivity contribution in [2.75, 3.05) is 0 Å². The predicted molar refractivity (Wildman–Crippen MR) is 66.0 cm³/mol. The van der Waals surface area contributed by atoms with Crippen LogP contribution in [0.15, 0.2) is 0 Å². The monoisotopic (exact) mass is 217 g/mol. The van der Waals surface area contributed by atoms with Crippen LogP contribution in [0.2, 0.25) is 0 Å². The van der Waals surface area contributed by atoms with E-state index < -0.39 is 9.76 Å². The molecule has 2 nitrogen and oxygen atoms in total. The fraction of sp³-hybridized carbons (Fsp3) is 1.00. The molecule has 0 aromatic heterocycles. The summed E-state index contributed by atoms with van der Waals surface area (Å²) < 4.78 is 6.12. The summed E-state index contributed by atoms with van der Waals surface area (Å²) in [6, 6.07) is 0. The number of nitrogens with two attached hydrogens (primary N) is 1. The third-order valence-corrected chi connectivity index (χ3v) is 5.22. The molecule has 86 valence electrons. The molecule has 0 saturated heterocycles. The highest BCUT2D eigenvalue weighted by Gasteiger charge is 2.32. The molecule has 0 heterocycles. The molecule has 0 fully saturated rings. The van der Waals surface area contributed by atoms with Crippen LogP contribution in [0.4, 0.5) is 0 Å². The average molecular weight is 217 g/mol. The summed E-state index contributed by atoms with van der Waals surface area (Å²) in [6.45, 7) is 13.3. The molecule has 0 aromatic rings. The van der Waals surface area contributed by atoms with Crippen LogP contribution in [0.1, 0.15) is 48.0 Å². The minimum absolute atomic E-state index is 0.0129. The van der Waals surface area contributed by atoms with Crippen molar-refractivity contribution in [3.63, 3.8) is 0 Å². The van der Waals surface area contributed by atoms with Gasteiger partial charge in [-0.25, -0.2) is 0 Å². The summed E-state index contributed by atoms with van der Waals surface area (Å²) in [5.74, 6) is 1.11. The molecule has 0 rings (SSSR count). The highest BCUT2D eigenvalue weighted by atomic mass is 28.2. The zero-order chi connectivity index (χ0) is 11.4. The van der Waals surface area contributed by atoms with E-state index in [0.717, 1.165) is 6.42 Å². The lowest BCUT2D eigenvalue weighted by atomic mass is 9.82. The fourth-order valence-corrected chi connectivity index (χ4v) is 2.88. The summed E-state index contributed by atoms with van der Waals surface area (Å²) in [4.78, 5) is 0. The van der Waals surface area contributed by atoms with Gasteiger partial charge in [-0.3, -0.25) is 0 Å². The van der Waals surface area contributed by atoms with Crippen LogP contribution < -0.4 is 5.73 Å². The van der Waals surface area contributed by atoms with Crippen molar-refractivity contribution < 1.29 is 4.43 Å². The zero-order valence-corrected chi connectivity index (χ0v) is 12.0. The van der Waals surface area contributed by atoms with Crippen LogP contribution >= 0.6 is 0 Å². The lowest BCUT2D eigenvalue weighted by molar-refractivity contribution is -0.00246. The van der Waals surface area contributed by atoms with Crippen molar-refractivity contribution in [3.05, 3.63) is 0 Å². The molecule has 1 atom stereocenters. The molecule has 0 spiro atoms. The standard InChI is InChI=1S/C11H27NOSi/c1-7-10(12)14-13-11(6,8(2)3)9(4)5/h8-10H,7,12,14H2,1-6H3. The summed E-state index contributed by atoms with van der Waals surface area (Å²) in [6.07, 6.45) is 1.04. The molecule has 0 aliphatic heterocycles. The Kier molecular flexibility index (Phi) is 5.94. The van der Waals surface area contributed by atoms with Crippen molar-refractivity contribution in [1.29, 1.82) is 0 Å². The van der Waals surface area contributed by atoms with E-state index in [1.807, 2.05) is 0 Å². The first-order valence-electron chi connectivity index (χ1n) is 5.74. The van der Waals surface area contributed by atoms with E-state index >= 15 is 0 Å². The molecule has 2 N–H and O–H groups in total. The van der Waals surface area contributed by atoms with Gasteiger partial charge >= 0.3 is 0 Å². The Hall–Kier alpha value is 0.137. The molecule has 1 unspecified atom stereocenters. The van der Waals surface area contributed by atoms with E-state index in [0.29, 0.717) is 17.5 Å². The SMILES string of the molecule is CCC(N)[SiH2]OC(C)(C(C)C)C(C)C. The molecule has 0 saturated carbocycles. The topological polar surface area (TPSA) is 35.2 Å².